The number of carbonyl (C=O) groups excluding carboxylic acids is 1. The van der Waals surface area contributed by atoms with E-state index >= 15 is 0 Å². The predicted octanol–water partition coefficient (Wildman–Crippen LogP) is 5.35. The molecule has 162 valence electrons. The zero-order chi connectivity index (χ0) is 21.6. The number of hydrogen-bond donors (Lipinski definition) is 1. The summed E-state index contributed by atoms with van der Waals surface area (Å²) in [7, 11) is 1.56. The maximum absolute atomic E-state index is 12.5. The van der Waals surface area contributed by atoms with Gasteiger partial charge < -0.3 is 19.5 Å². The molecule has 1 N–H and O–H groups in total. The van der Waals surface area contributed by atoms with Crippen molar-refractivity contribution >= 4 is 11.6 Å². The number of alkyl halides is 3. The third-order valence-corrected chi connectivity index (χ3v) is 4.77. The number of rotatable bonds is 8. The number of halogens is 3. The molecular weight excluding hydrogens is 399 g/mol. The molecule has 2 aromatic rings. The first kappa shape index (κ1) is 22.0. The van der Waals surface area contributed by atoms with E-state index in [-0.39, 0.29) is 18.6 Å². The van der Waals surface area contributed by atoms with Crippen molar-refractivity contribution in [1.29, 1.82) is 0 Å². The Morgan fingerprint density at radius 1 is 1.07 bits per heavy atom. The molecule has 1 aliphatic carbocycles. The standard InChI is InChI=1S/C22H24F3NO4/c1-28-19-11-10-17(12-20(19)30-18-4-2-3-5-18)26-21(27)16-8-6-15(7-9-16)13-29-14-22(23,24)25/h6-12,18H,2-5,13-14H2,1H3,(H,26,27). The van der Waals surface area contributed by atoms with Crippen LogP contribution in [0.15, 0.2) is 42.5 Å². The van der Waals surface area contributed by atoms with Crippen LogP contribution in [0.2, 0.25) is 0 Å². The molecule has 0 atom stereocenters. The fourth-order valence-corrected chi connectivity index (χ4v) is 3.27. The fraction of sp³-hybridized carbons (Fsp3) is 0.409. The maximum Gasteiger partial charge on any atom is 0.411 e. The molecule has 3 rings (SSSR count). The van der Waals surface area contributed by atoms with E-state index in [1.807, 2.05) is 0 Å². The highest BCUT2D eigenvalue weighted by Crippen LogP contribution is 2.34. The van der Waals surface area contributed by atoms with Crippen LogP contribution < -0.4 is 14.8 Å². The second-order valence-electron chi connectivity index (χ2n) is 7.15. The van der Waals surface area contributed by atoms with Crippen molar-refractivity contribution in [3.63, 3.8) is 0 Å². The maximum atomic E-state index is 12.5. The summed E-state index contributed by atoms with van der Waals surface area (Å²) in [6, 6.07) is 11.4. The zero-order valence-electron chi connectivity index (χ0n) is 16.6. The third kappa shape index (κ3) is 6.38. The summed E-state index contributed by atoms with van der Waals surface area (Å²) in [6.45, 7) is -1.49. The van der Waals surface area contributed by atoms with E-state index in [1.165, 1.54) is 0 Å². The molecule has 1 fully saturated rings. The summed E-state index contributed by atoms with van der Waals surface area (Å²) in [5, 5.41) is 2.80. The Morgan fingerprint density at radius 2 is 1.77 bits per heavy atom. The summed E-state index contributed by atoms with van der Waals surface area (Å²) >= 11 is 0. The number of anilines is 1. The topological polar surface area (TPSA) is 56.8 Å². The van der Waals surface area contributed by atoms with Crippen molar-refractivity contribution < 1.29 is 32.2 Å². The first-order valence-electron chi connectivity index (χ1n) is 9.73. The van der Waals surface area contributed by atoms with Gasteiger partial charge in [-0.25, -0.2) is 0 Å². The molecule has 2 aromatic carbocycles. The van der Waals surface area contributed by atoms with Crippen molar-refractivity contribution in [1.82, 2.24) is 0 Å². The summed E-state index contributed by atoms with van der Waals surface area (Å²) in [4.78, 5) is 12.5. The molecule has 0 heterocycles. The third-order valence-electron chi connectivity index (χ3n) is 4.77. The first-order chi connectivity index (χ1) is 14.3. The molecule has 1 saturated carbocycles. The van der Waals surface area contributed by atoms with Gasteiger partial charge in [-0.2, -0.15) is 13.2 Å². The Balaban J connectivity index is 1.60. The molecule has 30 heavy (non-hydrogen) atoms. The van der Waals surface area contributed by atoms with Crippen LogP contribution in [0.5, 0.6) is 11.5 Å². The van der Waals surface area contributed by atoms with Crippen molar-refractivity contribution in [3.8, 4) is 11.5 Å². The monoisotopic (exact) mass is 423 g/mol. The summed E-state index contributed by atoms with van der Waals surface area (Å²) < 4.78 is 52.4. The van der Waals surface area contributed by atoms with Gasteiger partial charge in [-0.05, 0) is 55.5 Å². The van der Waals surface area contributed by atoms with Crippen LogP contribution in [0.1, 0.15) is 41.6 Å². The van der Waals surface area contributed by atoms with Gasteiger partial charge in [0.1, 0.15) is 6.61 Å². The molecule has 0 unspecified atom stereocenters. The van der Waals surface area contributed by atoms with Gasteiger partial charge in [-0.15, -0.1) is 0 Å². The Kier molecular flexibility index (Phi) is 7.20. The van der Waals surface area contributed by atoms with Gasteiger partial charge in [0.25, 0.3) is 5.91 Å². The van der Waals surface area contributed by atoms with Gasteiger partial charge in [0.05, 0.1) is 19.8 Å². The van der Waals surface area contributed by atoms with E-state index < -0.39 is 12.8 Å². The number of hydrogen-bond acceptors (Lipinski definition) is 4. The van der Waals surface area contributed by atoms with E-state index in [2.05, 4.69) is 10.1 Å². The number of amides is 1. The fourth-order valence-electron chi connectivity index (χ4n) is 3.27. The summed E-state index contributed by atoms with van der Waals surface area (Å²) in [5.74, 6) is 0.845. The van der Waals surface area contributed by atoms with Crippen molar-refractivity contribution in [2.45, 2.75) is 44.6 Å². The van der Waals surface area contributed by atoms with Gasteiger partial charge in [0, 0.05) is 17.3 Å². The minimum Gasteiger partial charge on any atom is -0.493 e. The van der Waals surface area contributed by atoms with Gasteiger partial charge in [-0.3, -0.25) is 4.79 Å². The van der Waals surface area contributed by atoms with Gasteiger partial charge in [-0.1, -0.05) is 12.1 Å². The average molecular weight is 423 g/mol. The minimum atomic E-state index is -4.36. The molecule has 1 aliphatic rings. The number of ether oxygens (including phenoxy) is 3. The molecule has 8 heteroatoms. The van der Waals surface area contributed by atoms with E-state index in [9.17, 15) is 18.0 Å². The van der Waals surface area contributed by atoms with Gasteiger partial charge >= 0.3 is 6.18 Å². The van der Waals surface area contributed by atoms with Crippen LogP contribution in [0.4, 0.5) is 18.9 Å². The SMILES string of the molecule is COc1ccc(NC(=O)c2ccc(COCC(F)(F)F)cc2)cc1OC1CCCC1. The van der Waals surface area contributed by atoms with E-state index in [1.54, 1.807) is 49.6 Å². The smallest absolute Gasteiger partial charge is 0.411 e. The van der Waals surface area contributed by atoms with Gasteiger partial charge in [0.2, 0.25) is 0 Å². The number of methoxy groups -OCH3 is 1. The minimum absolute atomic E-state index is 0.150. The lowest BCUT2D eigenvalue weighted by atomic mass is 10.1. The number of nitrogens with one attached hydrogen (secondary N) is 1. The van der Waals surface area contributed by atoms with E-state index in [0.29, 0.717) is 28.3 Å². The number of carbonyl (C=O) groups is 1. The molecule has 0 aromatic heterocycles. The molecule has 0 spiro atoms. The lowest BCUT2D eigenvalue weighted by Gasteiger charge is -2.17. The van der Waals surface area contributed by atoms with Crippen molar-refractivity contribution in [2.75, 3.05) is 19.0 Å². The molecule has 0 radical (unpaired) electrons. The Bertz CT molecular complexity index is 846. The number of benzene rings is 2. The Hall–Kier alpha value is -2.74. The van der Waals surface area contributed by atoms with Crippen LogP contribution in [0.25, 0.3) is 0 Å². The van der Waals surface area contributed by atoms with Crippen LogP contribution in [0, 0.1) is 0 Å². The summed E-state index contributed by atoms with van der Waals surface area (Å²) in [6.07, 6.45) is 0.0640. The predicted molar refractivity (Wildman–Crippen MR) is 106 cm³/mol. The van der Waals surface area contributed by atoms with Gasteiger partial charge in [0.15, 0.2) is 11.5 Å². The second-order valence-corrected chi connectivity index (χ2v) is 7.15. The van der Waals surface area contributed by atoms with E-state index in [4.69, 9.17) is 9.47 Å². The average Bonchev–Trinajstić information content (AvgIpc) is 3.21. The Morgan fingerprint density at radius 3 is 2.40 bits per heavy atom. The highest BCUT2D eigenvalue weighted by Gasteiger charge is 2.27. The van der Waals surface area contributed by atoms with Crippen LogP contribution in [-0.2, 0) is 11.3 Å². The van der Waals surface area contributed by atoms with Crippen LogP contribution in [0.3, 0.4) is 0 Å². The van der Waals surface area contributed by atoms with Crippen LogP contribution >= 0.6 is 0 Å². The quantitative estimate of drug-likeness (QED) is 0.622. The zero-order valence-corrected chi connectivity index (χ0v) is 16.6. The lowest BCUT2D eigenvalue weighted by molar-refractivity contribution is -0.176. The highest BCUT2D eigenvalue weighted by atomic mass is 19.4. The molecule has 5 nitrogen and oxygen atoms in total. The molecule has 0 aliphatic heterocycles. The Labute approximate surface area is 173 Å². The van der Waals surface area contributed by atoms with Crippen molar-refractivity contribution in [2.24, 2.45) is 0 Å². The molecule has 0 bridgehead atoms. The second kappa shape index (κ2) is 9.84. The molecular formula is C22H24F3NO4. The van der Waals surface area contributed by atoms with Crippen LogP contribution in [-0.4, -0.2) is 31.9 Å². The lowest BCUT2D eigenvalue weighted by Crippen LogP contribution is -2.16. The largest absolute Gasteiger partial charge is 0.493 e. The summed E-state index contributed by atoms with van der Waals surface area (Å²) in [5.41, 5.74) is 1.49. The highest BCUT2D eigenvalue weighted by molar-refractivity contribution is 6.04. The molecule has 1 amide bonds. The first-order valence-corrected chi connectivity index (χ1v) is 9.73. The normalized spacial score (nSPS) is 14.5. The van der Waals surface area contributed by atoms with Crippen molar-refractivity contribution in [3.05, 3.63) is 53.6 Å². The molecule has 0 saturated heterocycles. The van der Waals surface area contributed by atoms with E-state index in [0.717, 1.165) is 25.7 Å².